The Morgan fingerprint density at radius 3 is 2.00 bits per heavy atom. The van der Waals surface area contributed by atoms with E-state index in [9.17, 15) is 0 Å². The van der Waals surface area contributed by atoms with Gasteiger partial charge in [0, 0.05) is 0 Å². The second-order valence-corrected chi connectivity index (χ2v) is 14.4. The third-order valence-electron chi connectivity index (χ3n) is 5.42. The molecule has 3 rings (SSSR count). The average Bonchev–Trinajstić information content (AvgIpc) is 2.97. The standard InChI is InChI=1S/C21H25.2C2H5O.Sn/c1-20(2,3)18-12-15-11-14-9-7-8-10-16(14)17(15)13-19(18)21(4,5)6;2*1-2-3;/h7-10,13H,11H2,1-6H3;2*2H2,1H3;/q;2*-1;+2. The van der Waals surface area contributed by atoms with Crippen molar-refractivity contribution in [1.29, 1.82) is 0 Å². The molecule has 0 aliphatic heterocycles. The first kappa shape index (κ1) is 21.9. The van der Waals surface area contributed by atoms with Gasteiger partial charge in [-0.05, 0) is 0 Å². The molecule has 2 nitrogen and oxygen atoms in total. The van der Waals surface area contributed by atoms with Crippen molar-refractivity contribution >= 4 is 24.2 Å². The van der Waals surface area contributed by atoms with Crippen LogP contribution in [-0.2, 0) is 23.4 Å². The number of hydrogen-bond acceptors (Lipinski definition) is 2. The fourth-order valence-electron chi connectivity index (χ4n) is 4.32. The molecule has 1 radical (unpaired) electrons. The van der Waals surface area contributed by atoms with Crippen LogP contribution in [0.25, 0.3) is 11.1 Å². The summed E-state index contributed by atoms with van der Waals surface area (Å²) in [5.74, 6) is 0. The van der Waals surface area contributed by atoms with Crippen molar-refractivity contribution < 1.29 is 6.15 Å². The molecule has 3 heteroatoms. The van der Waals surface area contributed by atoms with Crippen LogP contribution in [0.3, 0.4) is 0 Å². The average molecular weight is 486 g/mol. The van der Waals surface area contributed by atoms with Crippen LogP contribution in [0.15, 0.2) is 30.3 Å². The molecule has 2 aromatic rings. The van der Waals surface area contributed by atoms with Gasteiger partial charge in [-0.1, -0.05) is 0 Å². The van der Waals surface area contributed by atoms with E-state index >= 15 is 0 Å². The fourth-order valence-corrected chi connectivity index (χ4v) is 10.3. The van der Waals surface area contributed by atoms with Gasteiger partial charge in [0.05, 0.1) is 0 Å². The Morgan fingerprint density at radius 1 is 0.857 bits per heavy atom. The van der Waals surface area contributed by atoms with Crippen molar-refractivity contribution in [3.05, 3.63) is 52.6 Å². The summed E-state index contributed by atoms with van der Waals surface area (Å²) in [6.45, 7) is 19.7. The van der Waals surface area contributed by atoms with E-state index in [1.54, 1.807) is 0 Å². The van der Waals surface area contributed by atoms with Gasteiger partial charge in [-0.2, -0.15) is 0 Å². The van der Waals surface area contributed by atoms with Crippen molar-refractivity contribution in [3.8, 4) is 11.1 Å². The van der Waals surface area contributed by atoms with Crippen molar-refractivity contribution in [3.63, 3.8) is 0 Å². The summed E-state index contributed by atoms with van der Waals surface area (Å²) in [6.07, 6.45) is 0.999. The van der Waals surface area contributed by atoms with E-state index in [0.29, 0.717) is 0 Å². The SMILES string of the molecule is CC[O][Sn]([O]CC)[c]1c2c(cc(C(C)(C)C)c1C(C)(C)C)-c1ccccc1C2. The summed E-state index contributed by atoms with van der Waals surface area (Å²) >= 11 is -2.71. The third kappa shape index (κ3) is 4.06. The zero-order valence-corrected chi connectivity index (χ0v) is 21.7. The Labute approximate surface area is 179 Å². The predicted octanol–water partition coefficient (Wildman–Crippen LogP) is 5.62. The fraction of sp³-hybridized carbons (Fsp3) is 0.520. The summed E-state index contributed by atoms with van der Waals surface area (Å²) in [7, 11) is 0. The van der Waals surface area contributed by atoms with Crippen LogP contribution in [0.4, 0.5) is 0 Å². The van der Waals surface area contributed by atoms with Crippen LogP contribution in [0, 0.1) is 0 Å². The Balaban J connectivity index is 2.41. The van der Waals surface area contributed by atoms with Crippen LogP contribution in [0.1, 0.15) is 77.6 Å². The zero-order valence-electron chi connectivity index (χ0n) is 18.8. The molecule has 0 heterocycles. The number of benzene rings is 2. The molecule has 151 valence electrons. The molecule has 0 atom stereocenters. The Hall–Kier alpha value is -0.841. The van der Waals surface area contributed by atoms with Crippen molar-refractivity contribution in [1.82, 2.24) is 0 Å². The zero-order chi connectivity index (χ0) is 20.7. The normalized spacial score (nSPS) is 13.8. The van der Waals surface area contributed by atoms with Gasteiger partial charge in [0.25, 0.3) is 0 Å². The summed E-state index contributed by atoms with van der Waals surface area (Å²) in [5, 5.41) is 0. The monoisotopic (exact) mass is 487 g/mol. The third-order valence-corrected chi connectivity index (χ3v) is 11.3. The van der Waals surface area contributed by atoms with Gasteiger partial charge >= 0.3 is 180 Å². The molecule has 0 bridgehead atoms. The van der Waals surface area contributed by atoms with Gasteiger partial charge in [-0.25, -0.2) is 0 Å². The first-order valence-corrected chi connectivity index (χ1v) is 14.3. The molecule has 0 unspecified atom stereocenters. The van der Waals surface area contributed by atoms with Crippen LogP contribution < -0.4 is 3.58 Å². The van der Waals surface area contributed by atoms with Crippen molar-refractivity contribution in [2.24, 2.45) is 0 Å². The summed E-state index contributed by atoms with van der Waals surface area (Å²) in [5.41, 5.74) is 8.72. The van der Waals surface area contributed by atoms with Crippen LogP contribution in [0.2, 0.25) is 0 Å². The molecular weight excluding hydrogens is 451 g/mol. The molecule has 0 N–H and O–H groups in total. The van der Waals surface area contributed by atoms with Gasteiger partial charge in [0.15, 0.2) is 0 Å². The molecule has 28 heavy (non-hydrogen) atoms. The first-order valence-electron chi connectivity index (χ1n) is 10.5. The molecule has 0 aromatic heterocycles. The van der Waals surface area contributed by atoms with Gasteiger partial charge in [-0.15, -0.1) is 0 Å². The van der Waals surface area contributed by atoms with Gasteiger partial charge in [0.2, 0.25) is 0 Å². The number of hydrogen-bond donors (Lipinski definition) is 0. The van der Waals surface area contributed by atoms with E-state index in [4.69, 9.17) is 6.15 Å². The molecule has 2 aromatic carbocycles. The molecule has 0 saturated carbocycles. The van der Waals surface area contributed by atoms with Gasteiger partial charge in [-0.3, -0.25) is 0 Å². The molecule has 0 fully saturated rings. The summed E-state index contributed by atoms with van der Waals surface area (Å²) < 4.78 is 14.2. The maximum absolute atomic E-state index is 6.37. The second-order valence-electron chi connectivity index (χ2n) is 9.69. The molecule has 0 amide bonds. The van der Waals surface area contributed by atoms with Crippen LogP contribution >= 0.6 is 0 Å². The minimum absolute atomic E-state index is 0.0434. The van der Waals surface area contributed by atoms with E-state index in [1.165, 1.54) is 37.0 Å². The molecule has 0 spiro atoms. The summed E-state index contributed by atoms with van der Waals surface area (Å²) in [6, 6.07) is 11.3. The van der Waals surface area contributed by atoms with Crippen LogP contribution in [-0.4, -0.2) is 33.8 Å². The molecule has 1 aliphatic carbocycles. The molecular formula is C25H35O2Sn. The maximum atomic E-state index is 6.37. The number of rotatable bonds is 5. The van der Waals surface area contributed by atoms with Crippen LogP contribution in [0.5, 0.6) is 0 Å². The number of fused-ring (bicyclic) bond motifs is 3. The second kappa shape index (κ2) is 8.12. The van der Waals surface area contributed by atoms with E-state index in [-0.39, 0.29) is 10.8 Å². The molecule has 1 aliphatic rings. The van der Waals surface area contributed by atoms with E-state index in [2.05, 4.69) is 85.7 Å². The predicted molar refractivity (Wildman–Crippen MR) is 121 cm³/mol. The quantitative estimate of drug-likeness (QED) is 0.436. The van der Waals surface area contributed by atoms with E-state index in [0.717, 1.165) is 19.6 Å². The van der Waals surface area contributed by atoms with Crippen molar-refractivity contribution in [2.75, 3.05) is 13.2 Å². The van der Waals surface area contributed by atoms with Gasteiger partial charge in [0.1, 0.15) is 0 Å². The topological polar surface area (TPSA) is 18.5 Å². The van der Waals surface area contributed by atoms with E-state index in [1.807, 2.05) is 0 Å². The minimum atomic E-state index is -2.71. The summed E-state index contributed by atoms with van der Waals surface area (Å²) in [4.78, 5) is 0. The van der Waals surface area contributed by atoms with Gasteiger partial charge < -0.3 is 0 Å². The van der Waals surface area contributed by atoms with Crippen molar-refractivity contribution in [2.45, 2.75) is 72.6 Å². The Morgan fingerprint density at radius 2 is 1.46 bits per heavy atom. The Bertz CT molecular complexity index is 850. The first-order chi connectivity index (χ1) is 13.1. The van der Waals surface area contributed by atoms with E-state index < -0.39 is 20.6 Å². The molecule has 0 saturated heterocycles. The Kier molecular flexibility index (Phi) is 6.34.